The number of aliphatic hydroxyl groups is 1. The maximum Gasteiger partial charge on any atom is 0.0613 e. The van der Waals surface area contributed by atoms with E-state index in [1.807, 2.05) is 7.05 Å². The molecule has 1 aliphatic heterocycles. The van der Waals surface area contributed by atoms with E-state index in [1.54, 1.807) is 0 Å². The van der Waals surface area contributed by atoms with Gasteiger partial charge in [-0.3, -0.25) is 9.80 Å². The normalized spacial score (nSPS) is 33.1. The van der Waals surface area contributed by atoms with Crippen molar-refractivity contribution in [3.8, 4) is 0 Å². The first-order chi connectivity index (χ1) is 9.58. The summed E-state index contributed by atoms with van der Waals surface area (Å²) in [4.78, 5) is 7.47. The number of aliphatic hydroxyl groups excluding tert-OH is 1. The van der Waals surface area contributed by atoms with Crippen molar-refractivity contribution in [2.45, 2.75) is 30.8 Å². The molecule has 0 aromatic carbocycles. The number of hydrogen-bond acceptors (Lipinski definition) is 5. The summed E-state index contributed by atoms with van der Waals surface area (Å²) >= 11 is 0. The minimum Gasteiger partial charge on any atom is -0.394 e. The van der Waals surface area contributed by atoms with Gasteiger partial charge in [-0.05, 0) is 40.4 Å². The largest absolute Gasteiger partial charge is 0.394 e. The monoisotopic (exact) mass is 284 g/mol. The Hall–Kier alpha value is -0.200. The van der Waals surface area contributed by atoms with Crippen LogP contribution in [0.3, 0.4) is 0 Å². The highest BCUT2D eigenvalue weighted by Gasteiger charge is 2.40. The van der Waals surface area contributed by atoms with Gasteiger partial charge in [0.15, 0.2) is 0 Å². The summed E-state index contributed by atoms with van der Waals surface area (Å²) < 4.78 is 0. The van der Waals surface area contributed by atoms with Crippen LogP contribution in [0.5, 0.6) is 0 Å². The van der Waals surface area contributed by atoms with Gasteiger partial charge in [0.2, 0.25) is 0 Å². The van der Waals surface area contributed by atoms with Crippen molar-refractivity contribution in [3.05, 3.63) is 0 Å². The van der Waals surface area contributed by atoms with Crippen LogP contribution in [0.1, 0.15) is 19.3 Å². The third-order valence-electron chi connectivity index (χ3n) is 5.20. The predicted molar refractivity (Wildman–Crippen MR) is 83.1 cm³/mol. The molecule has 0 radical (unpaired) electrons. The highest BCUT2D eigenvalue weighted by Crippen LogP contribution is 2.33. The van der Waals surface area contributed by atoms with E-state index >= 15 is 0 Å². The zero-order valence-corrected chi connectivity index (χ0v) is 13.4. The quantitative estimate of drug-likeness (QED) is 0.699. The molecule has 0 spiro atoms. The van der Waals surface area contributed by atoms with Gasteiger partial charge in [0.05, 0.1) is 6.61 Å². The molecule has 1 heterocycles. The van der Waals surface area contributed by atoms with Gasteiger partial charge in [-0.15, -0.1) is 0 Å². The van der Waals surface area contributed by atoms with Gasteiger partial charge < -0.3 is 15.3 Å². The van der Waals surface area contributed by atoms with Crippen molar-refractivity contribution in [1.82, 2.24) is 20.0 Å². The lowest BCUT2D eigenvalue weighted by atomic mass is 9.99. The summed E-state index contributed by atoms with van der Waals surface area (Å²) in [6, 6.07) is 0.658. The second-order valence-corrected chi connectivity index (χ2v) is 6.77. The Morgan fingerprint density at radius 3 is 2.45 bits per heavy atom. The van der Waals surface area contributed by atoms with Crippen molar-refractivity contribution < 1.29 is 5.11 Å². The first-order valence-corrected chi connectivity index (χ1v) is 7.99. The summed E-state index contributed by atoms with van der Waals surface area (Å²) in [5, 5.41) is 12.9. The summed E-state index contributed by atoms with van der Waals surface area (Å²) in [5.74, 6) is 0. The number of nitrogens with zero attached hydrogens (tertiary/aromatic N) is 3. The second kappa shape index (κ2) is 7.18. The number of hydrogen-bond donors (Lipinski definition) is 2. The summed E-state index contributed by atoms with van der Waals surface area (Å²) in [7, 11) is 6.26. The van der Waals surface area contributed by atoms with E-state index < -0.39 is 0 Å². The maximum absolute atomic E-state index is 9.60. The lowest BCUT2D eigenvalue weighted by molar-refractivity contribution is 0.0857. The van der Waals surface area contributed by atoms with Crippen LogP contribution >= 0.6 is 0 Å². The standard InChI is InChI=1S/C15H32N4O/c1-16-15(13-20)5-4-14(12-15)19-10-8-18(9-11-19)7-6-17(2)3/h14,16,20H,4-13H2,1-3H3. The number of likely N-dealkylation sites (N-methyl/N-ethyl adjacent to an activating group) is 2. The van der Waals surface area contributed by atoms with E-state index in [9.17, 15) is 5.11 Å². The first kappa shape index (κ1) is 16.2. The van der Waals surface area contributed by atoms with Gasteiger partial charge in [-0.1, -0.05) is 0 Å². The number of nitrogens with one attached hydrogen (secondary N) is 1. The average molecular weight is 284 g/mol. The molecule has 1 aliphatic carbocycles. The lowest BCUT2D eigenvalue weighted by Crippen LogP contribution is -2.52. The molecule has 0 bridgehead atoms. The van der Waals surface area contributed by atoms with Crippen LogP contribution in [0.25, 0.3) is 0 Å². The van der Waals surface area contributed by atoms with E-state index in [0.29, 0.717) is 6.04 Å². The zero-order valence-electron chi connectivity index (χ0n) is 13.4. The fourth-order valence-electron chi connectivity index (χ4n) is 3.55. The average Bonchev–Trinajstić information content (AvgIpc) is 2.91. The molecule has 2 aliphatic rings. The Morgan fingerprint density at radius 2 is 1.95 bits per heavy atom. The SMILES string of the molecule is CNC1(CO)CCC(N2CCN(CCN(C)C)CC2)C1. The molecular weight excluding hydrogens is 252 g/mol. The molecule has 0 aromatic rings. The minimum atomic E-state index is -0.0211. The van der Waals surface area contributed by atoms with Crippen LogP contribution in [0.2, 0.25) is 0 Å². The number of rotatable bonds is 6. The molecule has 1 saturated carbocycles. The van der Waals surface area contributed by atoms with Crippen molar-refractivity contribution >= 4 is 0 Å². The van der Waals surface area contributed by atoms with Crippen LogP contribution in [0.15, 0.2) is 0 Å². The first-order valence-electron chi connectivity index (χ1n) is 7.99. The Morgan fingerprint density at radius 1 is 1.25 bits per heavy atom. The lowest BCUT2D eigenvalue weighted by Gasteiger charge is -2.39. The van der Waals surface area contributed by atoms with Crippen LogP contribution < -0.4 is 5.32 Å². The van der Waals surface area contributed by atoms with Crippen LogP contribution in [0, 0.1) is 0 Å². The van der Waals surface area contributed by atoms with Gasteiger partial charge in [0.25, 0.3) is 0 Å². The summed E-state index contributed by atoms with van der Waals surface area (Å²) in [5.41, 5.74) is -0.0211. The molecule has 2 N–H and O–H groups in total. The Balaban J connectivity index is 1.74. The highest BCUT2D eigenvalue weighted by atomic mass is 16.3. The Bertz CT molecular complexity index is 286. The molecule has 0 amide bonds. The molecule has 2 fully saturated rings. The Labute approximate surface area is 123 Å². The molecule has 118 valence electrons. The highest BCUT2D eigenvalue weighted by molar-refractivity contribution is 4.99. The summed E-state index contributed by atoms with van der Waals surface area (Å²) in [6.07, 6.45) is 3.42. The molecule has 2 atom stereocenters. The van der Waals surface area contributed by atoms with Gasteiger partial charge in [-0.2, -0.15) is 0 Å². The van der Waals surface area contributed by atoms with Gasteiger partial charge in [0.1, 0.15) is 0 Å². The third kappa shape index (κ3) is 3.92. The van der Waals surface area contributed by atoms with E-state index in [-0.39, 0.29) is 12.1 Å². The molecule has 2 unspecified atom stereocenters. The van der Waals surface area contributed by atoms with Gasteiger partial charge in [-0.25, -0.2) is 0 Å². The molecule has 1 saturated heterocycles. The van der Waals surface area contributed by atoms with Crippen molar-refractivity contribution in [2.75, 3.05) is 67.0 Å². The maximum atomic E-state index is 9.60. The molecule has 20 heavy (non-hydrogen) atoms. The van der Waals surface area contributed by atoms with E-state index in [0.717, 1.165) is 19.4 Å². The van der Waals surface area contributed by atoms with Gasteiger partial charge >= 0.3 is 0 Å². The molecule has 5 nitrogen and oxygen atoms in total. The smallest absolute Gasteiger partial charge is 0.0613 e. The second-order valence-electron chi connectivity index (χ2n) is 6.77. The number of piperazine rings is 1. The van der Waals surface area contributed by atoms with Crippen molar-refractivity contribution in [2.24, 2.45) is 0 Å². The van der Waals surface area contributed by atoms with Crippen LogP contribution in [-0.2, 0) is 0 Å². The van der Waals surface area contributed by atoms with Crippen LogP contribution in [-0.4, -0.2) is 98.4 Å². The zero-order chi connectivity index (χ0) is 14.6. The third-order valence-corrected chi connectivity index (χ3v) is 5.20. The van der Waals surface area contributed by atoms with E-state index in [2.05, 4.69) is 34.1 Å². The molecule has 5 heteroatoms. The fraction of sp³-hybridized carbons (Fsp3) is 1.00. The Kier molecular flexibility index (Phi) is 5.81. The molecule has 2 rings (SSSR count). The fourth-order valence-corrected chi connectivity index (χ4v) is 3.55. The predicted octanol–water partition coefficient (Wildman–Crippen LogP) is -0.331. The molecular formula is C15H32N4O. The van der Waals surface area contributed by atoms with Crippen molar-refractivity contribution in [3.63, 3.8) is 0 Å². The van der Waals surface area contributed by atoms with Gasteiger partial charge in [0, 0.05) is 50.8 Å². The van der Waals surface area contributed by atoms with Crippen LogP contribution in [0.4, 0.5) is 0 Å². The van der Waals surface area contributed by atoms with E-state index in [1.165, 1.54) is 39.1 Å². The van der Waals surface area contributed by atoms with Crippen molar-refractivity contribution in [1.29, 1.82) is 0 Å². The topological polar surface area (TPSA) is 42.0 Å². The minimum absolute atomic E-state index is 0.0211. The summed E-state index contributed by atoms with van der Waals surface area (Å²) in [6.45, 7) is 7.35. The van der Waals surface area contributed by atoms with E-state index in [4.69, 9.17) is 0 Å². The molecule has 0 aromatic heterocycles.